The molecule has 0 aliphatic heterocycles. The zero-order chi connectivity index (χ0) is 16.1. The quantitative estimate of drug-likeness (QED) is 0.448. The summed E-state index contributed by atoms with van der Waals surface area (Å²) in [6.07, 6.45) is 0. The van der Waals surface area contributed by atoms with Crippen LogP contribution in [0.1, 0.15) is 24.0 Å². The van der Waals surface area contributed by atoms with E-state index in [2.05, 4.69) is 5.32 Å². The highest BCUT2D eigenvalue weighted by Crippen LogP contribution is 2.19. The summed E-state index contributed by atoms with van der Waals surface area (Å²) < 4.78 is 0. The van der Waals surface area contributed by atoms with E-state index in [4.69, 9.17) is 11.1 Å². The van der Waals surface area contributed by atoms with Crippen molar-refractivity contribution in [2.45, 2.75) is 12.8 Å². The summed E-state index contributed by atoms with van der Waals surface area (Å²) >= 11 is 0. The van der Waals surface area contributed by atoms with Gasteiger partial charge in [0.2, 0.25) is 5.91 Å². The number of anilines is 1. The number of hydrogen-bond donors (Lipinski definition) is 3. The van der Waals surface area contributed by atoms with E-state index in [1.165, 1.54) is 6.92 Å². The summed E-state index contributed by atoms with van der Waals surface area (Å²) in [5.74, 6) is -1.48. The van der Waals surface area contributed by atoms with Crippen LogP contribution in [0, 0.1) is 5.41 Å². The minimum absolute atomic E-state index is 0.0382. The highest BCUT2D eigenvalue weighted by atomic mass is 16.2. The maximum atomic E-state index is 12.4. The second-order valence-electron chi connectivity index (χ2n) is 4.93. The van der Waals surface area contributed by atoms with Crippen LogP contribution in [-0.4, -0.2) is 17.5 Å². The molecule has 0 bridgehead atoms. The van der Waals surface area contributed by atoms with Crippen molar-refractivity contribution >= 4 is 23.2 Å². The summed E-state index contributed by atoms with van der Waals surface area (Å²) in [6.45, 7) is 1.40. The lowest BCUT2D eigenvalue weighted by molar-refractivity contribution is -0.126. The molecule has 2 aromatic carbocycles. The first-order valence-electron chi connectivity index (χ1n) is 6.79. The van der Waals surface area contributed by atoms with Gasteiger partial charge < -0.3 is 11.1 Å². The fourth-order valence-electron chi connectivity index (χ4n) is 2.16. The van der Waals surface area contributed by atoms with Crippen molar-refractivity contribution < 1.29 is 9.59 Å². The third-order valence-electron chi connectivity index (χ3n) is 3.27. The lowest BCUT2D eigenvalue weighted by Crippen LogP contribution is -2.26. The highest BCUT2D eigenvalue weighted by molar-refractivity contribution is 6.11. The van der Waals surface area contributed by atoms with Crippen LogP contribution in [0.2, 0.25) is 0 Å². The van der Waals surface area contributed by atoms with Gasteiger partial charge in [0, 0.05) is 11.3 Å². The molecule has 0 aliphatic carbocycles. The molecule has 22 heavy (non-hydrogen) atoms. The third kappa shape index (κ3) is 3.58. The lowest BCUT2D eigenvalue weighted by Gasteiger charge is -2.14. The van der Waals surface area contributed by atoms with E-state index in [0.717, 1.165) is 0 Å². The van der Waals surface area contributed by atoms with Crippen molar-refractivity contribution in [1.82, 2.24) is 0 Å². The van der Waals surface area contributed by atoms with Crippen LogP contribution < -0.4 is 11.1 Å². The lowest BCUT2D eigenvalue weighted by atomic mass is 9.94. The SMILES string of the molecule is CC(=O)C(C(=O)Nc1ccc(C(=N)N)cc1)c1ccccc1. The van der Waals surface area contributed by atoms with E-state index in [-0.39, 0.29) is 17.5 Å². The Kier molecular flexibility index (Phi) is 4.68. The predicted octanol–water partition coefficient (Wildman–Crippen LogP) is 2.28. The van der Waals surface area contributed by atoms with Crippen LogP contribution in [0.25, 0.3) is 0 Å². The van der Waals surface area contributed by atoms with Gasteiger partial charge in [-0.2, -0.15) is 0 Å². The Labute approximate surface area is 128 Å². The molecule has 2 rings (SSSR count). The molecule has 0 spiro atoms. The molecule has 0 radical (unpaired) electrons. The standard InChI is InChI=1S/C17H17N3O2/c1-11(21)15(12-5-3-2-4-6-12)17(22)20-14-9-7-13(8-10-14)16(18)19/h2-10,15H,1H3,(H3,18,19)(H,20,22). The zero-order valence-electron chi connectivity index (χ0n) is 12.2. The van der Waals surface area contributed by atoms with Crippen molar-refractivity contribution in [2.75, 3.05) is 5.32 Å². The summed E-state index contributed by atoms with van der Waals surface area (Å²) in [6, 6.07) is 15.5. The second kappa shape index (κ2) is 6.67. The number of nitrogen functional groups attached to an aromatic ring is 1. The topological polar surface area (TPSA) is 96.0 Å². The predicted molar refractivity (Wildman–Crippen MR) is 86.0 cm³/mol. The maximum absolute atomic E-state index is 12.4. The maximum Gasteiger partial charge on any atom is 0.239 e. The van der Waals surface area contributed by atoms with Gasteiger partial charge in [-0.3, -0.25) is 15.0 Å². The van der Waals surface area contributed by atoms with Gasteiger partial charge in [0.1, 0.15) is 17.5 Å². The number of nitrogens with two attached hydrogens (primary N) is 1. The van der Waals surface area contributed by atoms with Crippen LogP contribution in [0.15, 0.2) is 54.6 Å². The van der Waals surface area contributed by atoms with Crippen molar-refractivity contribution in [3.8, 4) is 0 Å². The molecule has 0 aliphatic rings. The van der Waals surface area contributed by atoms with Crippen molar-refractivity contribution in [1.29, 1.82) is 5.41 Å². The van der Waals surface area contributed by atoms with Gasteiger partial charge in [-0.05, 0) is 36.8 Å². The molecule has 5 nitrogen and oxygen atoms in total. The largest absolute Gasteiger partial charge is 0.384 e. The number of amides is 1. The average molecular weight is 295 g/mol. The van der Waals surface area contributed by atoms with Crippen LogP contribution in [0.3, 0.4) is 0 Å². The Morgan fingerprint density at radius 3 is 2.14 bits per heavy atom. The summed E-state index contributed by atoms with van der Waals surface area (Å²) in [4.78, 5) is 24.2. The zero-order valence-corrected chi connectivity index (χ0v) is 12.2. The molecule has 1 unspecified atom stereocenters. The summed E-state index contributed by atoms with van der Waals surface area (Å²) in [5.41, 5.74) is 7.17. The molecule has 0 fully saturated rings. The molecule has 1 amide bonds. The second-order valence-corrected chi connectivity index (χ2v) is 4.93. The fraction of sp³-hybridized carbons (Fsp3) is 0.118. The number of amidine groups is 1. The fourth-order valence-corrected chi connectivity index (χ4v) is 2.16. The first-order valence-corrected chi connectivity index (χ1v) is 6.79. The van der Waals surface area contributed by atoms with Crippen molar-refractivity contribution in [3.63, 3.8) is 0 Å². The minimum atomic E-state index is -0.839. The van der Waals surface area contributed by atoms with Gasteiger partial charge in [-0.15, -0.1) is 0 Å². The van der Waals surface area contributed by atoms with E-state index in [1.54, 1.807) is 48.5 Å². The number of carbonyl (C=O) groups excluding carboxylic acids is 2. The van der Waals surface area contributed by atoms with Gasteiger partial charge in [-0.1, -0.05) is 30.3 Å². The van der Waals surface area contributed by atoms with Crippen molar-refractivity contribution in [2.24, 2.45) is 5.73 Å². The van der Waals surface area contributed by atoms with Crippen LogP contribution >= 0.6 is 0 Å². The molecule has 0 saturated heterocycles. The molecule has 1 atom stereocenters. The molecular formula is C17H17N3O2. The highest BCUT2D eigenvalue weighted by Gasteiger charge is 2.25. The van der Waals surface area contributed by atoms with E-state index in [9.17, 15) is 9.59 Å². The summed E-state index contributed by atoms with van der Waals surface area (Å²) in [5, 5.41) is 10.0. The van der Waals surface area contributed by atoms with Gasteiger partial charge in [-0.25, -0.2) is 0 Å². The molecule has 5 heteroatoms. The van der Waals surface area contributed by atoms with E-state index >= 15 is 0 Å². The number of rotatable bonds is 5. The molecule has 0 heterocycles. The van der Waals surface area contributed by atoms with Crippen LogP contribution in [-0.2, 0) is 9.59 Å². The van der Waals surface area contributed by atoms with Gasteiger partial charge in [0.05, 0.1) is 0 Å². The first-order chi connectivity index (χ1) is 10.5. The van der Waals surface area contributed by atoms with Gasteiger partial charge >= 0.3 is 0 Å². The summed E-state index contributed by atoms with van der Waals surface area (Å²) in [7, 11) is 0. The number of nitrogens with one attached hydrogen (secondary N) is 2. The smallest absolute Gasteiger partial charge is 0.239 e. The van der Waals surface area contributed by atoms with E-state index in [1.807, 2.05) is 6.07 Å². The Balaban J connectivity index is 2.18. The number of carbonyl (C=O) groups is 2. The van der Waals surface area contributed by atoms with Crippen LogP contribution in [0.4, 0.5) is 5.69 Å². The Hall–Kier alpha value is -2.95. The number of Topliss-reactive ketones (excluding diaryl/α,β-unsaturated/α-hetero) is 1. The molecule has 0 saturated carbocycles. The van der Waals surface area contributed by atoms with Gasteiger partial charge in [0.25, 0.3) is 0 Å². The normalized spacial score (nSPS) is 11.5. The van der Waals surface area contributed by atoms with Gasteiger partial charge in [0.15, 0.2) is 0 Å². The molecular weight excluding hydrogens is 278 g/mol. The van der Waals surface area contributed by atoms with Crippen molar-refractivity contribution in [3.05, 3.63) is 65.7 Å². The Morgan fingerprint density at radius 2 is 1.64 bits per heavy atom. The first kappa shape index (κ1) is 15.4. The number of benzene rings is 2. The average Bonchev–Trinajstić information content (AvgIpc) is 2.48. The molecule has 112 valence electrons. The monoisotopic (exact) mass is 295 g/mol. The number of hydrogen-bond acceptors (Lipinski definition) is 3. The Bertz CT molecular complexity index is 694. The Morgan fingerprint density at radius 1 is 1.05 bits per heavy atom. The number of ketones is 1. The molecule has 4 N–H and O–H groups in total. The third-order valence-corrected chi connectivity index (χ3v) is 3.27. The minimum Gasteiger partial charge on any atom is -0.384 e. The van der Waals surface area contributed by atoms with Crippen LogP contribution in [0.5, 0.6) is 0 Å². The molecule has 2 aromatic rings. The molecule has 0 aromatic heterocycles. The van der Waals surface area contributed by atoms with E-state index < -0.39 is 5.92 Å². The van der Waals surface area contributed by atoms with E-state index in [0.29, 0.717) is 16.8 Å².